The maximum atomic E-state index is 11.4. The maximum absolute atomic E-state index is 11.4. The van der Waals surface area contributed by atoms with Crippen molar-refractivity contribution in [3.63, 3.8) is 0 Å². The Morgan fingerprint density at radius 3 is 2.10 bits per heavy atom. The van der Waals surface area contributed by atoms with Crippen LogP contribution in [0.5, 0.6) is 0 Å². The zero-order chi connectivity index (χ0) is 7.57. The van der Waals surface area contributed by atoms with Crippen LogP contribution >= 0.6 is 0 Å². The first-order valence-corrected chi connectivity index (χ1v) is 3.72. The topological polar surface area (TPSA) is 39.0 Å². The molecular weight excluding hydrogens is 125 g/mol. The average molecular weight is 136 g/mol. The van der Waals surface area contributed by atoms with Crippen LogP contribution in [-0.2, 0) is 4.79 Å². The molecule has 2 nitrogen and oxygen atoms in total. The second-order valence-electron chi connectivity index (χ2n) is 3.80. The lowest BCUT2D eigenvalue weighted by Crippen LogP contribution is -2.30. The lowest BCUT2D eigenvalue weighted by atomic mass is 9.83. The Kier molecular flexibility index (Phi) is 0.851. The van der Waals surface area contributed by atoms with Crippen molar-refractivity contribution in [3.05, 3.63) is 0 Å². The van der Waals surface area contributed by atoms with E-state index in [9.17, 15) is 4.79 Å². The minimum atomic E-state index is -0.179. The molecule has 10 heavy (non-hydrogen) atoms. The molecular formula is C7H11BNO. The Bertz CT molecular complexity index is 206. The van der Waals surface area contributed by atoms with Crippen LogP contribution in [0, 0.1) is 5.92 Å². The minimum Gasteiger partial charge on any atom is -0.312 e. The number of hydrogen-bond acceptors (Lipinski definition) is 2. The van der Waals surface area contributed by atoms with Crippen LogP contribution in [0.4, 0.5) is 0 Å². The molecule has 2 unspecified atom stereocenters. The van der Waals surface area contributed by atoms with Gasteiger partial charge in [-0.1, -0.05) is 20.8 Å². The lowest BCUT2D eigenvalue weighted by Gasteiger charge is -2.04. The van der Waals surface area contributed by atoms with Gasteiger partial charge in [0.25, 0.3) is 0 Å². The van der Waals surface area contributed by atoms with E-state index < -0.39 is 0 Å². The fraction of sp³-hybridized carbons (Fsp3) is 0.857. The van der Waals surface area contributed by atoms with Gasteiger partial charge in [0.05, 0.1) is 5.44 Å². The third kappa shape index (κ3) is 0.484. The molecule has 0 saturated carbocycles. The number of carbonyl (C=O) groups is 1. The Hall–Kier alpha value is -0.305. The molecule has 0 aromatic heterocycles. The fourth-order valence-electron chi connectivity index (χ4n) is 1.61. The van der Waals surface area contributed by atoms with E-state index >= 15 is 0 Å². The third-order valence-electron chi connectivity index (χ3n) is 2.55. The first-order chi connectivity index (χ1) is 4.52. The Balaban J connectivity index is 2.10. The quantitative estimate of drug-likeness (QED) is 0.426. The van der Waals surface area contributed by atoms with E-state index in [2.05, 4.69) is 19.5 Å². The molecule has 0 bridgehead atoms. The van der Waals surface area contributed by atoms with Crippen molar-refractivity contribution in [2.75, 3.05) is 0 Å². The van der Waals surface area contributed by atoms with Crippen LogP contribution in [0.25, 0.3) is 0 Å². The van der Waals surface area contributed by atoms with E-state index in [1.807, 2.05) is 13.8 Å². The summed E-state index contributed by atoms with van der Waals surface area (Å²) in [5.74, 6) is 0.503. The molecule has 2 aliphatic rings. The largest absolute Gasteiger partial charge is 0.312 e. The van der Waals surface area contributed by atoms with Gasteiger partial charge in [-0.3, -0.25) is 4.79 Å². The molecule has 0 aromatic carbocycles. The van der Waals surface area contributed by atoms with Gasteiger partial charge in [-0.05, 0) is 0 Å². The molecule has 1 radical (unpaired) electrons. The van der Waals surface area contributed by atoms with Crippen molar-refractivity contribution < 1.29 is 4.79 Å². The molecule has 2 saturated heterocycles. The van der Waals surface area contributed by atoms with Crippen LogP contribution in [0.3, 0.4) is 0 Å². The highest BCUT2D eigenvalue weighted by Crippen LogP contribution is 2.55. The van der Waals surface area contributed by atoms with Crippen LogP contribution in [0.2, 0.25) is 0 Å². The van der Waals surface area contributed by atoms with E-state index in [4.69, 9.17) is 0 Å². The van der Waals surface area contributed by atoms with E-state index in [1.165, 1.54) is 0 Å². The molecule has 0 amide bonds. The second kappa shape index (κ2) is 1.33. The monoisotopic (exact) mass is 136 g/mol. The summed E-state index contributed by atoms with van der Waals surface area (Å²) >= 11 is 0. The van der Waals surface area contributed by atoms with Gasteiger partial charge in [0.15, 0.2) is 7.28 Å². The van der Waals surface area contributed by atoms with Crippen LogP contribution < -0.4 is 5.32 Å². The summed E-state index contributed by atoms with van der Waals surface area (Å²) in [5.41, 5.74) is -0.0878. The molecule has 2 rings (SSSR count). The molecule has 1 N–H and O–H groups in total. The first kappa shape index (κ1) is 6.41. The minimum absolute atomic E-state index is 0.0916. The van der Waals surface area contributed by atoms with E-state index in [-0.39, 0.29) is 16.8 Å². The lowest BCUT2D eigenvalue weighted by molar-refractivity contribution is -0.122. The summed E-state index contributed by atoms with van der Waals surface area (Å²) in [4.78, 5) is 11.4. The Morgan fingerprint density at radius 1 is 1.60 bits per heavy atom. The van der Waals surface area contributed by atoms with Gasteiger partial charge in [0, 0.05) is 11.4 Å². The number of fused-ring (bicyclic) bond motifs is 1. The molecule has 3 heteroatoms. The number of ketones is 1. The molecule has 53 valence electrons. The van der Waals surface area contributed by atoms with Crippen LogP contribution in [0.15, 0.2) is 0 Å². The summed E-state index contributed by atoms with van der Waals surface area (Å²) < 4.78 is 0. The molecule has 0 spiro atoms. The van der Waals surface area contributed by atoms with Gasteiger partial charge in [-0.15, -0.1) is 0 Å². The summed E-state index contributed by atoms with van der Waals surface area (Å²) in [6, 6.07) is 0. The molecule has 2 fully saturated rings. The van der Waals surface area contributed by atoms with Gasteiger partial charge in [0.2, 0.25) is 0 Å². The second-order valence-corrected chi connectivity index (χ2v) is 3.80. The smallest absolute Gasteiger partial charge is 0.177 e. The normalized spacial score (nSPS) is 48.0. The predicted molar refractivity (Wildman–Crippen MR) is 39.9 cm³/mol. The van der Waals surface area contributed by atoms with Gasteiger partial charge in [-0.2, -0.15) is 0 Å². The van der Waals surface area contributed by atoms with Gasteiger partial charge in [0.1, 0.15) is 5.78 Å². The summed E-state index contributed by atoms with van der Waals surface area (Å²) in [5, 5.41) is 3.16. The van der Waals surface area contributed by atoms with Crippen molar-refractivity contribution >= 4 is 13.1 Å². The van der Waals surface area contributed by atoms with E-state index in [0.717, 1.165) is 0 Å². The van der Waals surface area contributed by atoms with Crippen molar-refractivity contribution in [2.24, 2.45) is 5.92 Å². The van der Waals surface area contributed by atoms with Crippen molar-refractivity contribution in [3.8, 4) is 0 Å². The van der Waals surface area contributed by atoms with E-state index in [1.54, 1.807) is 0 Å². The third-order valence-corrected chi connectivity index (χ3v) is 2.55. The van der Waals surface area contributed by atoms with Gasteiger partial charge >= 0.3 is 0 Å². The highest BCUT2D eigenvalue weighted by atomic mass is 16.1. The first-order valence-electron chi connectivity index (χ1n) is 3.72. The zero-order valence-electron chi connectivity index (χ0n) is 6.56. The number of nitrogens with one attached hydrogen (secondary N) is 1. The zero-order valence-corrected chi connectivity index (χ0v) is 6.56. The standard InChI is InChI=1S/C7H11BNO/c1-4(2)5(10)7-6(3,8-7)9-7/h4,9H,1-3H3. The number of rotatable bonds is 2. The maximum Gasteiger partial charge on any atom is 0.177 e. The number of Topliss-reactive ketones (excluding diaryl/α,β-unsaturated/α-hetero) is 1. The average Bonchev–Trinajstić information content (AvgIpc) is 2.50. The molecule has 2 heterocycles. The fourth-order valence-corrected chi connectivity index (χ4v) is 1.61. The van der Waals surface area contributed by atoms with E-state index in [0.29, 0.717) is 5.78 Å². The molecule has 0 aromatic rings. The Morgan fingerprint density at radius 2 is 2.00 bits per heavy atom. The molecule has 2 aliphatic heterocycles. The van der Waals surface area contributed by atoms with Crippen molar-refractivity contribution in [1.29, 1.82) is 0 Å². The van der Waals surface area contributed by atoms with Gasteiger partial charge in [-0.25, -0.2) is 0 Å². The SMILES string of the molecule is CC(C)C(=O)C12[B]C1(C)N2. The predicted octanol–water partition coefficient (Wildman–Crippen LogP) is -0.0550. The molecule has 2 atom stereocenters. The summed E-state index contributed by atoms with van der Waals surface area (Å²) in [6.07, 6.45) is 0. The Labute approximate surface area is 61.6 Å². The number of carbonyl (C=O) groups excluding carboxylic acids is 1. The van der Waals surface area contributed by atoms with Crippen molar-refractivity contribution in [2.45, 2.75) is 31.6 Å². The highest BCUT2D eigenvalue weighted by molar-refractivity contribution is 6.73. The highest BCUT2D eigenvalue weighted by Gasteiger charge is 2.84. The summed E-state index contributed by atoms with van der Waals surface area (Å²) in [6.45, 7) is 5.96. The van der Waals surface area contributed by atoms with Crippen LogP contribution in [-0.4, -0.2) is 23.9 Å². The number of hydrogen-bond donors (Lipinski definition) is 1. The van der Waals surface area contributed by atoms with Crippen molar-refractivity contribution in [1.82, 2.24) is 5.32 Å². The van der Waals surface area contributed by atoms with Crippen LogP contribution in [0.1, 0.15) is 20.8 Å². The van der Waals surface area contributed by atoms with Gasteiger partial charge < -0.3 is 5.32 Å². The molecule has 0 aliphatic carbocycles. The summed E-state index contributed by atoms with van der Waals surface area (Å²) in [7, 11) is 2.09.